The lowest BCUT2D eigenvalue weighted by molar-refractivity contribution is 0.249. The summed E-state index contributed by atoms with van der Waals surface area (Å²) < 4.78 is 23.9. The van der Waals surface area contributed by atoms with E-state index in [-0.39, 0.29) is 24.1 Å². The van der Waals surface area contributed by atoms with Crippen LogP contribution < -0.4 is 9.80 Å². The lowest BCUT2D eigenvalue weighted by atomic mass is 10.1. The van der Waals surface area contributed by atoms with Gasteiger partial charge in [-0.25, -0.2) is 23.2 Å². The summed E-state index contributed by atoms with van der Waals surface area (Å²) in [6.07, 6.45) is 2.44. The van der Waals surface area contributed by atoms with Crippen molar-refractivity contribution in [1.29, 1.82) is 0 Å². The molecule has 0 aliphatic carbocycles. The van der Waals surface area contributed by atoms with Crippen molar-refractivity contribution in [3.8, 4) is 0 Å². The summed E-state index contributed by atoms with van der Waals surface area (Å²) in [5, 5.41) is 0.316. The van der Waals surface area contributed by atoms with Crippen LogP contribution in [0.1, 0.15) is 11.1 Å². The number of hydrogen-bond donors (Lipinski definition) is 0. The van der Waals surface area contributed by atoms with E-state index in [1.54, 1.807) is 18.2 Å². The fraction of sp³-hybridized carbons (Fsp3) is 0.150. The van der Waals surface area contributed by atoms with Crippen LogP contribution >= 0.6 is 23.2 Å². The third-order valence-electron chi connectivity index (χ3n) is 4.59. The highest BCUT2D eigenvalue weighted by molar-refractivity contribution is 7.90. The molecule has 7 nitrogen and oxygen atoms in total. The molecule has 0 radical (unpaired) electrons. The van der Waals surface area contributed by atoms with Gasteiger partial charge in [-0.15, -0.1) is 0 Å². The lowest BCUT2D eigenvalue weighted by Crippen LogP contribution is -2.48. The van der Waals surface area contributed by atoms with Crippen molar-refractivity contribution in [2.24, 2.45) is 0 Å². The number of carbonyl (C=O) groups excluding carboxylic acids is 1. The number of anilines is 2. The van der Waals surface area contributed by atoms with Crippen molar-refractivity contribution < 1.29 is 13.2 Å². The van der Waals surface area contributed by atoms with Crippen molar-refractivity contribution >= 4 is 50.6 Å². The van der Waals surface area contributed by atoms with Gasteiger partial charge in [0.15, 0.2) is 0 Å². The van der Waals surface area contributed by atoms with Crippen LogP contribution in [0.4, 0.5) is 16.3 Å². The van der Waals surface area contributed by atoms with Crippen LogP contribution in [0.25, 0.3) is 0 Å². The Labute approximate surface area is 183 Å². The number of hydrogen-bond acceptors (Lipinski definition) is 5. The van der Waals surface area contributed by atoms with Gasteiger partial charge in [-0.2, -0.15) is 0 Å². The number of fused-ring (bicyclic) bond motifs is 1. The first kappa shape index (κ1) is 20.6. The van der Waals surface area contributed by atoms with Crippen LogP contribution in [-0.4, -0.2) is 30.7 Å². The number of rotatable bonds is 4. The monoisotopic (exact) mass is 462 g/mol. The predicted octanol–water partition coefficient (Wildman–Crippen LogP) is 4.33. The maximum atomic E-state index is 13.5. The standard InChI is InChI=1S/C20H16Cl2N4O3S/c1-30(28,29)19-23-10-14-12-25(17-15(21)8-5-9-16(17)22)20(27)26(18(14)24-19)11-13-6-3-2-4-7-13/h2-10H,11-12H2,1H3. The largest absolute Gasteiger partial charge is 0.330 e. The predicted molar refractivity (Wildman–Crippen MR) is 116 cm³/mol. The van der Waals surface area contributed by atoms with Gasteiger partial charge in [-0.3, -0.25) is 9.80 Å². The van der Waals surface area contributed by atoms with Crippen LogP contribution in [-0.2, 0) is 22.9 Å². The zero-order valence-corrected chi connectivity index (χ0v) is 18.1. The molecule has 0 N–H and O–H groups in total. The van der Waals surface area contributed by atoms with Gasteiger partial charge in [0, 0.05) is 18.0 Å². The normalized spacial score (nSPS) is 14.0. The molecule has 2 heterocycles. The van der Waals surface area contributed by atoms with Gasteiger partial charge >= 0.3 is 6.03 Å². The average Bonchev–Trinajstić information content (AvgIpc) is 2.70. The van der Waals surface area contributed by atoms with Crippen molar-refractivity contribution in [3.63, 3.8) is 0 Å². The first-order valence-corrected chi connectivity index (χ1v) is 11.5. The summed E-state index contributed by atoms with van der Waals surface area (Å²) in [4.78, 5) is 24.5. The molecule has 0 saturated carbocycles. The van der Waals surface area contributed by atoms with E-state index >= 15 is 0 Å². The molecule has 0 saturated heterocycles. The third kappa shape index (κ3) is 3.86. The van der Waals surface area contributed by atoms with Crippen LogP contribution in [0.15, 0.2) is 59.9 Å². The molecule has 154 valence electrons. The molecule has 2 aromatic carbocycles. The van der Waals surface area contributed by atoms with Gasteiger partial charge in [0.1, 0.15) is 5.82 Å². The zero-order valence-electron chi connectivity index (χ0n) is 15.8. The topological polar surface area (TPSA) is 83.5 Å². The second-order valence-corrected chi connectivity index (χ2v) is 9.51. The highest BCUT2D eigenvalue weighted by Crippen LogP contribution is 2.39. The maximum absolute atomic E-state index is 13.5. The summed E-state index contributed by atoms with van der Waals surface area (Å²) in [7, 11) is -3.65. The Balaban J connectivity index is 1.86. The summed E-state index contributed by atoms with van der Waals surface area (Å²) in [6, 6.07) is 13.9. The van der Waals surface area contributed by atoms with Crippen LogP contribution in [0.2, 0.25) is 10.0 Å². The van der Waals surface area contributed by atoms with Gasteiger partial charge in [-0.1, -0.05) is 59.6 Å². The zero-order chi connectivity index (χ0) is 21.5. The lowest BCUT2D eigenvalue weighted by Gasteiger charge is -2.36. The SMILES string of the molecule is CS(=O)(=O)c1ncc2c(n1)N(Cc1ccccc1)C(=O)N(c1c(Cl)cccc1Cl)C2. The van der Waals surface area contributed by atoms with E-state index in [1.165, 1.54) is 16.0 Å². The fourth-order valence-corrected chi connectivity index (χ4v) is 4.31. The maximum Gasteiger partial charge on any atom is 0.330 e. The Morgan fingerprint density at radius 3 is 2.33 bits per heavy atom. The van der Waals surface area contributed by atoms with E-state index < -0.39 is 15.9 Å². The molecule has 1 aromatic heterocycles. The number of benzene rings is 2. The second-order valence-electron chi connectivity index (χ2n) is 6.78. The number of para-hydroxylation sites is 1. The third-order valence-corrected chi connectivity index (χ3v) is 6.06. The molecule has 3 aromatic rings. The van der Waals surface area contributed by atoms with E-state index in [4.69, 9.17) is 23.2 Å². The van der Waals surface area contributed by atoms with Gasteiger partial charge in [0.05, 0.1) is 28.8 Å². The average molecular weight is 463 g/mol. The van der Waals surface area contributed by atoms with Gasteiger partial charge in [0.2, 0.25) is 15.0 Å². The van der Waals surface area contributed by atoms with E-state index in [0.717, 1.165) is 11.8 Å². The molecular formula is C20H16Cl2N4O3S. The van der Waals surface area contributed by atoms with Gasteiger partial charge in [-0.05, 0) is 17.7 Å². The summed E-state index contributed by atoms with van der Waals surface area (Å²) in [6.45, 7) is 0.290. The molecule has 0 bridgehead atoms. The highest BCUT2D eigenvalue weighted by Gasteiger charge is 2.35. The number of urea groups is 1. The minimum Gasteiger partial charge on any atom is -0.286 e. The van der Waals surface area contributed by atoms with Crippen LogP contribution in [0.3, 0.4) is 0 Å². The molecule has 0 fully saturated rings. The molecule has 4 rings (SSSR count). The molecule has 10 heteroatoms. The first-order valence-electron chi connectivity index (χ1n) is 8.88. The van der Waals surface area contributed by atoms with Crippen molar-refractivity contribution in [2.75, 3.05) is 16.1 Å². The molecule has 0 spiro atoms. The van der Waals surface area contributed by atoms with E-state index in [1.807, 2.05) is 30.3 Å². The minimum atomic E-state index is -3.65. The molecule has 2 amide bonds. The Morgan fingerprint density at radius 2 is 1.70 bits per heavy atom. The first-order chi connectivity index (χ1) is 14.3. The summed E-state index contributed by atoms with van der Waals surface area (Å²) in [5.41, 5.74) is 1.80. The number of carbonyl (C=O) groups is 1. The quantitative estimate of drug-likeness (QED) is 0.538. The highest BCUT2D eigenvalue weighted by atomic mass is 35.5. The Kier molecular flexibility index (Phi) is 5.40. The van der Waals surface area contributed by atoms with Crippen molar-refractivity contribution in [1.82, 2.24) is 9.97 Å². The summed E-state index contributed by atoms with van der Waals surface area (Å²) >= 11 is 12.7. The smallest absolute Gasteiger partial charge is 0.286 e. The van der Waals surface area contributed by atoms with Gasteiger partial charge < -0.3 is 0 Å². The van der Waals surface area contributed by atoms with Crippen molar-refractivity contribution in [2.45, 2.75) is 18.2 Å². The van der Waals surface area contributed by atoms with Crippen molar-refractivity contribution in [3.05, 3.63) is 75.9 Å². The Bertz CT molecular complexity index is 1220. The number of aromatic nitrogens is 2. The molecular weight excluding hydrogens is 447 g/mol. The minimum absolute atomic E-state index is 0.104. The molecule has 1 aliphatic heterocycles. The number of halogens is 2. The van der Waals surface area contributed by atoms with Crippen LogP contribution in [0, 0.1) is 0 Å². The number of sulfone groups is 1. The van der Waals surface area contributed by atoms with Gasteiger partial charge in [0.25, 0.3) is 0 Å². The number of amides is 2. The Hall–Kier alpha value is -2.68. The van der Waals surface area contributed by atoms with Crippen LogP contribution in [0.5, 0.6) is 0 Å². The molecule has 0 atom stereocenters. The molecule has 1 aliphatic rings. The second kappa shape index (κ2) is 7.86. The molecule has 30 heavy (non-hydrogen) atoms. The Morgan fingerprint density at radius 1 is 1.03 bits per heavy atom. The van der Waals surface area contributed by atoms with E-state index in [9.17, 15) is 13.2 Å². The number of nitrogens with zero attached hydrogens (tertiary/aromatic N) is 4. The van der Waals surface area contributed by atoms with E-state index in [2.05, 4.69) is 9.97 Å². The fourth-order valence-electron chi connectivity index (χ4n) is 3.21. The summed E-state index contributed by atoms with van der Waals surface area (Å²) in [5.74, 6) is 0.249. The molecule has 0 unspecified atom stereocenters. The van der Waals surface area contributed by atoms with E-state index in [0.29, 0.717) is 21.3 Å².